The summed E-state index contributed by atoms with van der Waals surface area (Å²) in [6.07, 6.45) is 1.65. The van der Waals surface area contributed by atoms with Gasteiger partial charge in [-0.15, -0.1) is 0 Å². The quantitative estimate of drug-likeness (QED) is 0.203. The van der Waals surface area contributed by atoms with Gasteiger partial charge in [0.05, 0.1) is 12.8 Å². The van der Waals surface area contributed by atoms with Crippen LogP contribution in [0.4, 0.5) is 5.69 Å². The lowest BCUT2D eigenvalue weighted by Crippen LogP contribution is -2.10. The summed E-state index contributed by atoms with van der Waals surface area (Å²) >= 11 is 5.83. The molecule has 0 aliphatic rings. The average Bonchev–Trinajstić information content (AvgIpc) is 2.85. The first-order chi connectivity index (χ1) is 16.4. The Morgan fingerprint density at radius 3 is 2.15 bits per heavy atom. The highest BCUT2D eigenvalue weighted by Crippen LogP contribution is 2.31. The Morgan fingerprint density at radius 1 is 0.794 bits per heavy atom. The van der Waals surface area contributed by atoms with E-state index < -0.39 is 10.1 Å². The van der Waals surface area contributed by atoms with Gasteiger partial charge in [0.2, 0.25) is 0 Å². The second kappa shape index (κ2) is 10.4. The summed E-state index contributed by atoms with van der Waals surface area (Å²) in [5, 5.41) is 0.429. The van der Waals surface area contributed by atoms with Crippen molar-refractivity contribution >= 4 is 33.6 Å². The molecule has 0 aliphatic carbocycles. The second-order valence-electron chi connectivity index (χ2n) is 7.07. The minimum absolute atomic E-state index is 0.00992. The summed E-state index contributed by atoms with van der Waals surface area (Å²) < 4.78 is 41.5. The van der Waals surface area contributed by atoms with Gasteiger partial charge in [-0.3, -0.25) is 4.99 Å². The number of hydrogen-bond donors (Lipinski definition) is 0. The third-order valence-corrected chi connectivity index (χ3v) is 6.17. The molecule has 4 aromatic rings. The summed E-state index contributed by atoms with van der Waals surface area (Å²) in [7, 11) is -2.61. The lowest BCUT2D eigenvalue weighted by Gasteiger charge is -2.11. The van der Waals surface area contributed by atoms with Gasteiger partial charge in [-0.25, -0.2) is 0 Å². The first-order valence-corrected chi connectivity index (χ1v) is 12.0. The summed E-state index contributed by atoms with van der Waals surface area (Å²) in [6.45, 7) is 0. The van der Waals surface area contributed by atoms with Crippen LogP contribution in [0, 0.1) is 0 Å². The van der Waals surface area contributed by atoms with Crippen LogP contribution in [0.2, 0.25) is 5.02 Å². The van der Waals surface area contributed by atoms with Gasteiger partial charge in [-0.2, -0.15) is 8.42 Å². The SMILES string of the molecule is COc1cc(C=Nc2ccc(Oc3ccccc3)cc2)ccc1OS(=O)(=O)c1ccc(Cl)cc1. The molecule has 6 nitrogen and oxygen atoms in total. The largest absolute Gasteiger partial charge is 0.493 e. The Kier molecular flexibility index (Phi) is 7.15. The highest BCUT2D eigenvalue weighted by Gasteiger charge is 2.19. The van der Waals surface area contributed by atoms with Crippen LogP contribution in [-0.4, -0.2) is 21.7 Å². The molecule has 8 heteroatoms. The van der Waals surface area contributed by atoms with Crippen LogP contribution in [0.15, 0.2) is 107 Å². The van der Waals surface area contributed by atoms with Gasteiger partial charge in [0.1, 0.15) is 16.4 Å². The summed E-state index contributed by atoms with van der Waals surface area (Å²) in [5.41, 5.74) is 1.43. The Hall–Kier alpha value is -3.81. The Balaban J connectivity index is 1.46. The highest BCUT2D eigenvalue weighted by molar-refractivity contribution is 7.87. The standard InChI is InChI=1S/C26H20ClNO5S/c1-31-26-17-19(7-16-25(26)33-34(29,30)24-14-8-20(27)9-15-24)18-28-21-10-12-23(13-11-21)32-22-5-3-2-4-6-22/h2-18H,1H3. The highest BCUT2D eigenvalue weighted by atomic mass is 35.5. The molecular weight excluding hydrogens is 474 g/mol. The monoisotopic (exact) mass is 493 g/mol. The lowest BCUT2D eigenvalue weighted by atomic mass is 10.2. The minimum Gasteiger partial charge on any atom is -0.493 e. The zero-order valence-corrected chi connectivity index (χ0v) is 19.7. The van der Waals surface area contributed by atoms with Crippen LogP contribution in [0.25, 0.3) is 0 Å². The number of halogens is 1. The van der Waals surface area contributed by atoms with Crippen molar-refractivity contribution in [3.63, 3.8) is 0 Å². The van der Waals surface area contributed by atoms with Gasteiger partial charge >= 0.3 is 10.1 Å². The number of hydrogen-bond acceptors (Lipinski definition) is 6. The molecule has 172 valence electrons. The van der Waals surface area contributed by atoms with Gasteiger partial charge in [0.25, 0.3) is 0 Å². The van der Waals surface area contributed by atoms with Gasteiger partial charge in [-0.05, 0) is 84.4 Å². The summed E-state index contributed by atoms with van der Waals surface area (Å²) in [5.74, 6) is 1.78. The molecule has 4 rings (SSSR count). The molecule has 0 aromatic heterocycles. The molecule has 0 N–H and O–H groups in total. The molecule has 0 unspecified atom stereocenters. The van der Waals surface area contributed by atoms with Gasteiger partial charge < -0.3 is 13.7 Å². The third kappa shape index (κ3) is 5.95. The third-order valence-electron chi connectivity index (χ3n) is 4.67. The van der Waals surface area contributed by atoms with Gasteiger partial charge in [0.15, 0.2) is 11.5 Å². The van der Waals surface area contributed by atoms with E-state index in [1.165, 1.54) is 37.4 Å². The maximum atomic E-state index is 12.6. The van der Waals surface area contributed by atoms with E-state index in [2.05, 4.69) is 4.99 Å². The number of methoxy groups -OCH3 is 1. The Bertz CT molecular complexity index is 1390. The first-order valence-electron chi connectivity index (χ1n) is 10.2. The van der Waals surface area contributed by atoms with Crippen LogP contribution in [0.5, 0.6) is 23.0 Å². The van der Waals surface area contributed by atoms with E-state index in [9.17, 15) is 8.42 Å². The van der Waals surface area contributed by atoms with E-state index in [4.69, 9.17) is 25.3 Å². The number of aliphatic imine (C=N–C) groups is 1. The molecule has 0 bridgehead atoms. The van der Waals surface area contributed by atoms with Gasteiger partial charge in [0, 0.05) is 11.2 Å². The molecule has 0 aliphatic heterocycles. The minimum atomic E-state index is -4.04. The molecule has 34 heavy (non-hydrogen) atoms. The number of ether oxygens (including phenoxy) is 2. The predicted molar refractivity (Wildman–Crippen MR) is 132 cm³/mol. The van der Waals surface area contributed by atoms with Crippen molar-refractivity contribution in [3.8, 4) is 23.0 Å². The number of para-hydroxylation sites is 1. The number of benzene rings is 4. The van der Waals surface area contributed by atoms with Crippen LogP contribution >= 0.6 is 11.6 Å². The average molecular weight is 494 g/mol. The van der Waals surface area contributed by atoms with Crippen molar-refractivity contribution in [2.24, 2.45) is 4.99 Å². The molecule has 0 saturated carbocycles. The van der Waals surface area contributed by atoms with Crippen molar-refractivity contribution in [1.29, 1.82) is 0 Å². The van der Waals surface area contributed by atoms with Crippen molar-refractivity contribution in [3.05, 3.63) is 108 Å². The topological polar surface area (TPSA) is 74.2 Å². The zero-order chi connectivity index (χ0) is 24.0. The van der Waals surface area contributed by atoms with Crippen molar-refractivity contribution in [2.45, 2.75) is 4.90 Å². The van der Waals surface area contributed by atoms with Crippen molar-refractivity contribution < 1.29 is 22.1 Å². The molecule has 0 radical (unpaired) electrons. The lowest BCUT2D eigenvalue weighted by molar-refractivity contribution is 0.390. The fraction of sp³-hybridized carbons (Fsp3) is 0.0385. The molecule has 0 heterocycles. The van der Waals surface area contributed by atoms with Crippen LogP contribution in [-0.2, 0) is 10.1 Å². The van der Waals surface area contributed by atoms with E-state index >= 15 is 0 Å². The van der Waals surface area contributed by atoms with Crippen molar-refractivity contribution in [2.75, 3.05) is 7.11 Å². The first kappa shape index (κ1) is 23.4. The van der Waals surface area contributed by atoms with E-state index in [-0.39, 0.29) is 16.4 Å². The molecule has 0 fully saturated rings. The van der Waals surface area contributed by atoms with Crippen molar-refractivity contribution in [1.82, 2.24) is 0 Å². The van der Waals surface area contributed by atoms with Crippen LogP contribution in [0.3, 0.4) is 0 Å². The Labute approximate surface area is 203 Å². The Morgan fingerprint density at radius 2 is 1.47 bits per heavy atom. The maximum Gasteiger partial charge on any atom is 0.339 e. The summed E-state index contributed by atoms with van der Waals surface area (Å²) in [6, 6.07) is 27.4. The normalized spacial score (nSPS) is 11.4. The molecule has 0 amide bonds. The van der Waals surface area contributed by atoms with Gasteiger partial charge in [-0.1, -0.05) is 29.8 Å². The van der Waals surface area contributed by atoms with E-state index in [0.717, 1.165) is 11.4 Å². The fourth-order valence-corrected chi connectivity index (χ4v) is 4.04. The van der Waals surface area contributed by atoms with Crippen LogP contribution < -0.4 is 13.7 Å². The smallest absolute Gasteiger partial charge is 0.339 e. The second-order valence-corrected chi connectivity index (χ2v) is 9.05. The fourth-order valence-electron chi connectivity index (χ4n) is 2.97. The van der Waals surface area contributed by atoms with E-state index in [0.29, 0.717) is 16.3 Å². The molecule has 4 aromatic carbocycles. The molecule has 0 saturated heterocycles. The van der Waals surface area contributed by atoms with E-state index in [1.54, 1.807) is 18.3 Å². The van der Waals surface area contributed by atoms with E-state index in [1.807, 2.05) is 54.6 Å². The molecule has 0 spiro atoms. The molecule has 0 atom stereocenters. The maximum absolute atomic E-state index is 12.6. The summed E-state index contributed by atoms with van der Waals surface area (Å²) in [4.78, 5) is 4.44. The molecular formula is C26H20ClNO5S. The van der Waals surface area contributed by atoms with Crippen LogP contribution in [0.1, 0.15) is 5.56 Å². The number of rotatable bonds is 8. The zero-order valence-electron chi connectivity index (χ0n) is 18.1. The number of nitrogens with zero attached hydrogens (tertiary/aromatic N) is 1. The predicted octanol–water partition coefficient (Wildman–Crippen LogP) is 6.66.